The monoisotopic (exact) mass is 412 g/mol. The van der Waals surface area contributed by atoms with E-state index in [0.29, 0.717) is 12.1 Å². The fraction of sp³-hybridized carbons (Fsp3) is 0.115. The Morgan fingerprint density at radius 3 is 2.03 bits per heavy atom. The van der Waals surface area contributed by atoms with E-state index in [0.717, 1.165) is 23.2 Å². The van der Waals surface area contributed by atoms with E-state index < -0.39 is 0 Å². The maximum absolute atomic E-state index is 11.8. The Bertz CT molecular complexity index is 1070. The third-order valence-corrected chi connectivity index (χ3v) is 6.05. The molecule has 0 saturated carbocycles. The van der Waals surface area contributed by atoms with Gasteiger partial charge in [-0.2, -0.15) is 11.3 Å². The van der Waals surface area contributed by atoms with Crippen LogP contribution in [-0.2, 0) is 6.54 Å². The Hall–Kier alpha value is -3.21. The van der Waals surface area contributed by atoms with Crippen LogP contribution in [-0.4, -0.2) is 12.5 Å². The minimum absolute atomic E-state index is 0.266. The molecule has 0 unspecified atom stereocenters. The predicted octanol–water partition coefficient (Wildman–Crippen LogP) is 5.44. The Labute approximate surface area is 181 Å². The number of thiophene rings is 1. The van der Waals surface area contributed by atoms with E-state index in [4.69, 9.17) is 5.73 Å². The molecule has 4 rings (SSSR count). The molecule has 3 nitrogen and oxygen atoms in total. The number of hydrogen-bond acceptors (Lipinski definition) is 3. The molecule has 0 spiro atoms. The van der Waals surface area contributed by atoms with Gasteiger partial charge >= 0.3 is 0 Å². The van der Waals surface area contributed by atoms with Crippen LogP contribution < -0.4 is 11.1 Å². The number of nitrogens with two attached hydrogens (primary N) is 1. The molecule has 1 amide bonds. The zero-order chi connectivity index (χ0) is 20.8. The first-order valence-corrected chi connectivity index (χ1v) is 10.9. The molecule has 150 valence electrons. The summed E-state index contributed by atoms with van der Waals surface area (Å²) in [7, 11) is 0. The highest BCUT2D eigenvalue weighted by Gasteiger charge is 2.16. The molecular formula is C26H24N2OS. The van der Waals surface area contributed by atoms with Crippen LogP contribution in [0.5, 0.6) is 0 Å². The summed E-state index contributed by atoms with van der Waals surface area (Å²) in [5.74, 6) is -0.121. The van der Waals surface area contributed by atoms with Gasteiger partial charge in [0.05, 0.1) is 5.56 Å². The lowest BCUT2D eigenvalue weighted by Crippen LogP contribution is -2.22. The Kier molecular flexibility index (Phi) is 6.38. The number of carbonyl (C=O) groups is 1. The predicted molar refractivity (Wildman–Crippen MR) is 125 cm³/mol. The van der Waals surface area contributed by atoms with Crippen LogP contribution in [0.1, 0.15) is 33.0 Å². The molecule has 0 radical (unpaired) electrons. The molecule has 0 aliphatic heterocycles. The second kappa shape index (κ2) is 9.53. The summed E-state index contributed by atoms with van der Waals surface area (Å²) in [5, 5.41) is 7.45. The third kappa shape index (κ3) is 4.51. The Morgan fingerprint density at radius 1 is 0.800 bits per heavy atom. The Morgan fingerprint density at radius 2 is 1.40 bits per heavy atom. The number of primary amides is 1. The van der Waals surface area contributed by atoms with Crippen molar-refractivity contribution in [3.63, 3.8) is 0 Å². The number of hydrogen-bond donors (Lipinski definition) is 2. The molecular weight excluding hydrogens is 388 g/mol. The number of amides is 1. The van der Waals surface area contributed by atoms with Gasteiger partial charge < -0.3 is 11.1 Å². The van der Waals surface area contributed by atoms with Crippen LogP contribution in [0.25, 0.3) is 11.1 Å². The lowest BCUT2D eigenvalue weighted by molar-refractivity contribution is 0.100. The van der Waals surface area contributed by atoms with Crippen molar-refractivity contribution in [2.75, 3.05) is 6.54 Å². The second-order valence-electron chi connectivity index (χ2n) is 7.23. The van der Waals surface area contributed by atoms with Crippen LogP contribution >= 0.6 is 11.3 Å². The summed E-state index contributed by atoms with van der Waals surface area (Å²) < 4.78 is 0. The molecule has 0 atom stereocenters. The van der Waals surface area contributed by atoms with Gasteiger partial charge in [0.1, 0.15) is 0 Å². The maximum Gasteiger partial charge on any atom is 0.250 e. The molecule has 1 heterocycles. The van der Waals surface area contributed by atoms with E-state index in [1.165, 1.54) is 22.5 Å². The largest absolute Gasteiger partial charge is 0.366 e. The quantitative estimate of drug-likeness (QED) is 0.405. The third-order valence-electron chi connectivity index (χ3n) is 5.30. The molecule has 4 aromatic rings. The van der Waals surface area contributed by atoms with Crippen molar-refractivity contribution in [3.8, 4) is 11.1 Å². The van der Waals surface area contributed by atoms with Gasteiger partial charge in [0.25, 0.3) is 0 Å². The van der Waals surface area contributed by atoms with Gasteiger partial charge in [-0.3, -0.25) is 4.79 Å². The van der Waals surface area contributed by atoms with Crippen molar-refractivity contribution in [1.82, 2.24) is 5.32 Å². The average molecular weight is 413 g/mol. The first kappa shape index (κ1) is 20.1. The van der Waals surface area contributed by atoms with Crippen LogP contribution in [0, 0.1) is 0 Å². The minimum Gasteiger partial charge on any atom is -0.366 e. The van der Waals surface area contributed by atoms with E-state index in [-0.39, 0.29) is 11.8 Å². The normalized spacial score (nSPS) is 11.0. The highest BCUT2D eigenvalue weighted by Crippen LogP contribution is 2.30. The molecule has 0 bridgehead atoms. The van der Waals surface area contributed by atoms with Gasteiger partial charge in [-0.15, -0.1) is 0 Å². The molecule has 0 saturated heterocycles. The molecule has 0 aliphatic rings. The van der Waals surface area contributed by atoms with Crippen molar-refractivity contribution >= 4 is 17.2 Å². The molecule has 3 aromatic carbocycles. The van der Waals surface area contributed by atoms with Crippen LogP contribution in [0.15, 0.2) is 95.7 Å². The fourth-order valence-electron chi connectivity index (χ4n) is 3.78. The summed E-state index contributed by atoms with van der Waals surface area (Å²) in [6.45, 7) is 1.52. The molecule has 30 heavy (non-hydrogen) atoms. The Balaban J connectivity index is 1.55. The zero-order valence-corrected chi connectivity index (χ0v) is 17.4. The summed E-state index contributed by atoms with van der Waals surface area (Å²) in [6, 6.07) is 29.3. The first-order chi connectivity index (χ1) is 14.7. The van der Waals surface area contributed by atoms with Crippen molar-refractivity contribution in [1.29, 1.82) is 0 Å². The van der Waals surface area contributed by atoms with E-state index in [2.05, 4.69) is 66.0 Å². The summed E-state index contributed by atoms with van der Waals surface area (Å²) in [5.41, 5.74) is 11.8. The van der Waals surface area contributed by atoms with Crippen molar-refractivity contribution in [3.05, 3.63) is 118 Å². The van der Waals surface area contributed by atoms with Crippen molar-refractivity contribution < 1.29 is 4.79 Å². The maximum atomic E-state index is 11.8. The van der Waals surface area contributed by atoms with E-state index >= 15 is 0 Å². The first-order valence-electron chi connectivity index (χ1n) is 9.99. The van der Waals surface area contributed by atoms with Gasteiger partial charge in [0, 0.05) is 30.0 Å². The van der Waals surface area contributed by atoms with Gasteiger partial charge in [0.15, 0.2) is 0 Å². The lowest BCUT2D eigenvalue weighted by Gasteiger charge is -2.19. The van der Waals surface area contributed by atoms with E-state index in [1.807, 2.05) is 35.0 Å². The number of rotatable bonds is 8. The lowest BCUT2D eigenvalue weighted by atomic mass is 9.91. The number of benzene rings is 3. The van der Waals surface area contributed by atoms with Crippen LogP contribution in [0.2, 0.25) is 0 Å². The van der Waals surface area contributed by atoms with Gasteiger partial charge in [-0.25, -0.2) is 0 Å². The average Bonchev–Trinajstić information content (AvgIpc) is 3.28. The number of nitrogens with one attached hydrogen (secondary N) is 1. The highest BCUT2D eigenvalue weighted by molar-refractivity contribution is 7.08. The number of carbonyl (C=O) groups excluding carboxylic acids is 1. The minimum atomic E-state index is -0.387. The smallest absolute Gasteiger partial charge is 0.250 e. The highest BCUT2D eigenvalue weighted by atomic mass is 32.1. The van der Waals surface area contributed by atoms with Crippen LogP contribution in [0.4, 0.5) is 0 Å². The molecule has 4 heteroatoms. The summed E-state index contributed by atoms with van der Waals surface area (Å²) in [6.07, 6.45) is 0. The second-order valence-corrected chi connectivity index (χ2v) is 7.97. The van der Waals surface area contributed by atoms with Gasteiger partial charge in [0.2, 0.25) is 5.91 Å². The van der Waals surface area contributed by atoms with Gasteiger partial charge in [-0.05, 0) is 27.6 Å². The standard InChI is InChI=1S/C26H24N2OS/c27-26(29)25-18-30-17-24(25)22-14-8-7-13-21(22)15-28-16-23(19-9-3-1-4-10-19)20-11-5-2-6-12-20/h1-14,17-18,23,28H,15-16H2,(H2,27,29). The summed E-state index contributed by atoms with van der Waals surface area (Å²) in [4.78, 5) is 11.8. The van der Waals surface area contributed by atoms with E-state index in [9.17, 15) is 4.79 Å². The topological polar surface area (TPSA) is 55.1 Å². The van der Waals surface area contributed by atoms with Gasteiger partial charge in [-0.1, -0.05) is 84.9 Å². The molecule has 0 aliphatic carbocycles. The molecule has 1 aromatic heterocycles. The van der Waals surface area contributed by atoms with Crippen molar-refractivity contribution in [2.45, 2.75) is 12.5 Å². The van der Waals surface area contributed by atoms with E-state index in [1.54, 1.807) is 0 Å². The fourth-order valence-corrected chi connectivity index (χ4v) is 4.62. The molecule has 0 fully saturated rings. The zero-order valence-electron chi connectivity index (χ0n) is 16.6. The SMILES string of the molecule is NC(=O)c1cscc1-c1ccccc1CNCC(c1ccccc1)c1ccccc1. The molecule has 3 N–H and O–H groups in total. The summed E-state index contributed by atoms with van der Waals surface area (Å²) >= 11 is 1.50. The van der Waals surface area contributed by atoms with Crippen molar-refractivity contribution in [2.24, 2.45) is 5.73 Å². The van der Waals surface area contributed by atoms with Crippen LogP contribution in [0.3, 0.4) is 0 Å².